The summed E-state index contributed by atoms with van der Waals surface area (Å²) in [5.41, 5.74) is 0. The van der Waals surface area contributed by atoms with Crippen molar-refractivity contribution in [3.63, 3.8) is 0 Å². The van der Waals surface area contributed by atoms with Gasteiger partial charge in [-0.1, -0.05) is 0 Å². The summed E-state index contributed by atoms with van der Waals surface area (Å²) in [6, 6.07) is 0. The number of rotatable bonds is 0. The molecule has 0 aromatic carbocycles. The second kappa shape index (κ2) is 13.2. The largest absolute Gasteiger partial charge is 0.317 e. The van der Waals surface area contributed by atoms with Gasteiger partial charge in [0.2, 0.25) is 0 Å². The van der Waals surface area contributed by atoms with E-state index in [4.69, 9.17) is 0 Å². The van der Waals surface area contributed by atoms with Gasteiger partial charge in [0, 0.05) is 6.67 Å². The summed E-state index contributed by atoms with van der Waals surface area (Å²) in [4.78, 5) is 0. The minimum Gasteiger partial charge on any atom is -0.317 e. The van der Waals surface area contributed by atoms with Crippen LogP contribution in [0.25, 0.3) is 0 Å². The van der Waals surface area contributed by atoms with E-state index in [9.17, 15) is 0 Å². The van der Waals surface area contributed by atoms with Crippen LogP contribution < -0.4 is 26.6 Å². The first kappa shape index (κ1) is 15.9. The van der Waals surface area contributed by atoms with Gasteiger partial charge in [0.15, 0.2) is 0 Å². The average Bonchev–Trinajstić information content (AvgIpc) is 2.39. The second-order valence-corrected chi connectivity index (χ2v) is 4.84. The van der Waals surface area contributed by atoms with E-state index in [1.165, 1.54) is 25.7 Å². The molecule has 0 unspecified atom stereocenters. The fourth-order valence-corrected chi connectivity index (χ4v) is 1.99. The molecule has 0 aromatic heterocycles. The van der Waals surface area contributed by atoms with Crippen molar-refractivity contribution in [2.24, 2.45) is 0 Å². The van der Waals surface area contributed by atoms with Gasteiger partial charge in [0.05, 0.1) is 0 Å². The molecule has 0 saturated carbocycles. The highest BCUT2D eigenvalue weighted by atomic mass is 15.1. The van der Waals surface area contributed by atoms with Crippen LogP contribution in [-0.4, -0.2) is 59.0 Å². The van der Waals surface area contributed by atoms with Gasteiger partial charge in [-0.2, -0.15) is 0 Å². The Morgan fingerprint density at radius 1 is 0.333 bits per heavy atom. The lowest BCUT2D eigenvalue weighted by atomic mass is 10.3. The van der Waals surface area contributed by atoms with Gasteiger partial charge >= 0.3 is 0 Å². The van der Waals surface area contributed by atoms with E-state index in [0.29, 0.717) is 0 Å². The van der Waals surface area contributed by atoms with Gasteiger partial charge in [-0.25, -0.2) is 0 Å². The zero-order valence-electron chi connectivity index (χ0n) is 11.7. The van der Waals surface area contributed by atoms with E-state index in [1.807, 2.05) is 0 Å². The van der Waals surface area contributed by atoms with Crippen LogP contribution in [0.15, 0.2) is 0 Å². The van der Waals surface area contributed by atoms with Crippen LogP contribution in [0.1, 0.15) is 25.7 Å². The van der Waals surface area contributed by atoms with Crippen molar-refractivity contribution in [1.82, 2.24) is 26.6 Å². The topological polar surface area (TPSA) is 60.1 Å². The van der Waals surface area contributed by atoms with Crippen LogP contribution in [0.3, 0.4) is 0 Å². The number of hydrogen-bond acceptors (Lipinski definition) is 5. The first-order valence-electron chi connectivity index (χ1n) is 7.54. The van der Waals surface area contributed by atoms with Gasteiger partial charge in [-0.3, -0.25) is 0 Å². The van der Waals surface area contributed by atoms with Gasteiger partial charge in [0.25, 0.3) is 0 Å². The minimum atomic E-state index is 0.934. The maximum atomic E-state index is 3.48. The van der Waals surface area contributed by atoms with E-state index >= 15 is 0 Å². The molecular weight excluding hydrogens is 226 g/mol. The Balaban J connectivity index is 2.00. The molecule has 0 radical (unpaired) electrons. The second-order valence-electron chi connectivity index (χ2n) is 4.84. The van der Waals surface area contributed by atoms with Crippen LogP contribution in [0.4, 0.5) is 0 Å². The first-order valence-corrected chi connectivity index (χ1v) is 7.54. The summed E-state index contributed by atoms with van der Waals surface area (Å²) in [6.45, 7) is 9.89. The monoisotopic (exact) mass is 257 g/mol. The Morgan fingerprint density at radius 2 is 0.611 bits per heavy atom. The molecule has 5 nitrogen and oxygen atoms in total. The molecule has 5 heteroatoms. The summed E-state index contributed by atoms with van der Waals surface area (Å²) < 4.78 is 0. The molecule has 0 amide bonds. The molecule has 18 heavy (non-hydrogen) atoms. The predicted octanol–water partition coefficient (Wildman–Crippen LogP) is -0.534. The molecule has 108 valence electrons. The van der Waals surface area contributed by atoms with E-state index in [-0.39, 0.29) is 0 Å². The fraction of sp³-hybridized carbons (Fsp3) is 1.00. The van der Waals surface area contributed by atoms with Crippen molar-refractivity contribution in [2.45, 2.75) is 25.7 Å². The highest BCUT2D eigenvalue weighted by Gasteiger charge is 1.93. The molecule has 1 rings (SSSR count). The standard InChI is InChI=1S/C13H31N5/c1-5-14-6-2-8-16-10-4-12-18-13-17-11-3-9-15-7-1/h14-18H,1-13H2. The SMILES string of the molecule is C1CNCCCNCCCNCNCCCNC1. The summed E-state index contributed by atoms with van der Waals surface area (Å²) in [5.74, 6) is 0. The quantitative estimate of drug-likeness (QED) is 0.404. The Labute approximate surface area is 112 Å². The zero-order chi connectivity index (χ0) is 12.7. The van der Waals surface area contributed by atoms with Crippen LogP contribution in [0.2, 0.25) is 0 Å². The first-order chi connectivity index (χ1) is 9.00. The van der Waals surface area contributed by atoms with E-state index < -0.39 is 0 Å². The molecule has 1 aliphatic rings. The summed E-state index contributed by atoms with van der Waals surface area (Å²) in [6.07, 6.45) is 4.86. The smallest absolute Gasteiger partial charge is 0.0454 e. The Bertz CT molecular complexity index is 90.4. The van der Waals surface area contributed by atoms with E-state index in [1.54, 1.807) is 0 Å². The molecule has 0 atom stereocenters. The maximum Gasteiger partial charge on any atom is 0.0454 e. The third-order valence-corrected chi connectivity index (χ3v) is 3.08. The number of nitrogens with one attached hydrogen (secondary N) is 5. The van der Waals surface area contributed by atoms with Gasteiger partial charge in [0.1, 0.15) is 0 Å². The lowest BCUT2D eigenvalue weighted by Gasteiger charge is -2.10. The van der Waals surface area contributed by atoms with Crippen molar-refractivity contribution >= 4 is 0 Å². The van der Waals surface area contributed by atoms with Crippen LogP contribution in [-0.2, 0) is 0 Å². The van der Waals surface area contributed by atoms with E-state index in [0.717, 1.165) is 59.0 Å². The van der Waals surface area contributed by atoms with Crippen molar-refractivity contribution in [3.8, 4) is 0 Å². The molecule has 5 N–H and O–H groups in total. The van der Waals surface area contributed by atoms with Gasteiger partial charge in [-0.15, -0.1) is 0 Å². The van der Waals surface area contributed by atoms with Crippen LogP contribution >= 0.6 is 0 Å². The number of hydrogen-bond donors (Lipinski definition) is 5. The lowest BCUT2D eigenvalue weighted by Crippen LogP contribution is -2.33. The summed E-state index contributed by atoms with van der Waals surface area (Å²) in [7, 11) is 0. The maximum absolute atomic E-state index is 3.48. The van der Waals surface area contributed by atoms with Crippen molar-refractivity contribution in [1.29, 1.82) is 0 Å². The summed E-state index contributed by atoms with van der Waals surface area (Å²) in [5, 5.41) is 17.2. The van der Waals surface area contributed by atoms with Crippen molar-refractivity contribution in [2.75, 3.05) is 59.0 Å². The Hall–Kier alpha value is -0.200. The van der Waals surface area contributed by atoms with Crippen molar-refractivity contribution < 1.29 is 0 Å². The molecule has 0 aromatic rings. The van der Waals surface area contributed by atoms with E-state index in [2.05, 4.69) is 26.6 Å². The molecular formula is C13H31N5. The highest BCUT2D eigenvalue weighted by Crippen LogP contribution is 1.80. The fourth-order valence-electron chi connectivity index (χ4n) is 1.99. The predicted molar refractivity (Wildman–Crippen MR) is 77.9 cm³/mol. The summed E-state index contributed by atoms with van der Waals surface area (Å²) >= 11 is 0. The Morgan fingerprint density at radius 3 is 0.944 bits per heavy atom. The third kappa shape index (κ3) is 10.9. The normalized spacial score (nSPS) is 24.0. The minimum absolute atomic E-state index is 0.934. The third-order valence-electron chi connectivity index (χ3n) is 3.08. The highest BCUT2D eigenvalue weighted by molar-refractivity contribution is 4.57. The molecule has 1 fully saturated rings. The molecule has 1 heterocycles. The van der Waals surface area contributed by atoms with Crippen molar-refractivity contribution in [3.05, 3.63) is 0 Å². The Kier molecular flexibility index (Phi) is 11.7. The molecule has 0 aliphatic carbocycles. The average molecular weight is 257 g/mol. The van der Waals surface area contributed by atoms with Crippen LogP contribution in [0, 0.1) is 0 Å². The lowest BCUT2D eigenvalue weighted by molar-refractivity contribution is 0.514. The molecule has 0 spiro atoms. The van der Waals surface area contributed by atoms with Gasteiger partial charge in [-0.05, 0) is 78.0 Å². The van der Waals surface area contributed by atoms with Crippen LogP contribution in [0.5, 0.6) is 0 Å². The zero-order valence-corrected chi connectivity index (χ0v) is 11.7. The molecule has 0 bridgehead atoms. The molecule has 1 saturated heterocycles. The molecule has 1 aliphatic heterocycles. The van der Waals surface area contributed by atoms with Gasteiger partial charge < -0.3 is 26.6 Å².